The molecule has 0 unspecified atom stereocenters. The van der Waals surface area contributed by atoms with Crippen molar-refractivity contribution in [1.29, 1.82) is 0 Å². The summed E-state index contributed by atoms with van der Waals surface area (Å²) >= 11 is 0. The van der Waals surface area contributed by atoms with Gasteiger partial charge in [0, 0.05) is 17.8 Å². The fraction of sp³-hybridized carbons (Fsp3) is 0.130. The highest BCUT2D eigenvalue weighted by Gasteiger charge is 2.14. The van der Waals surface area contributed by atoms with E-state index in [2.05, 4.69) is 15.8 Å². The van der Waals surface area contributed by atoms with Gasteiger partial charge >= 0.3 is 0 Å². The number of nitrogens with zero attached hydrogens (tertiary/aromatic N) is 1. The smallest absolute Gasteiger partial charge is 0.271 e. The third-order valence-corrected chi connectivity index (χ3v) is 4.86. The molecule has 0 aromatic heterocycles. The van der Waals surface area contributed by atoms with E-state index in [-0.39, 0.29) is 19.5 Å². The van der Waals surface area contributed by atoms with Crippen LogP contribution in [0, 0.1) is 0 Å². The van der Waals surface area contributed by atoms with Crippen LogP contribution in [0.1, 0.15) is 21.5 Å². The third kappa shape index (κ3) is 4.23. The van der Waals surface area contributed by atoms with Gasteiger partial charge in [-0.15, -0.1) is 0 Å². The van der Waals surface area contributed by atoms with Crippen molar-refractivity contribution in [3.05, 3.63) is 77.4 Å². The second-order valence-electron chi connectivity index (χ2n) is 6.93. The number of hydrogen-bond donors (Lipinski definition) is 2. The maximum Gasteiger partial charge on any atom is 0.271 e. The van der Waals surface area contributed by atoms with E-state index in [0.717, 1.165) is 28.3 Å². The monoisotopic (exact) mass is 417 g/mol. The van der Waals surface area contributed by atoms with Gasteiger partial charge in [-0.05, 0) is 65.7 Å². The van der Waals surface area contributed by atoms with Crippen molar-refractivity contribution in [3.8, 4) is 23.0 Å². The van der Waals surface area contributed by atoms with E-state index in [4.69, 9.17) is 18.9 Å². The summed E-state index contributed by atoms with van der Waals surface area (Å²) in [6.07, 6.45) is 1.56. The number of hydrazone groups is 1. The molecule has 31 heavy (non-hydrogen) atoms. The van der Waals surface area contributed by atoms with E-state index in [1.807, 2.05) is 36.4 Å². The average Bonchev–Trinajstić information content (AvgIpc) is 3.46. The van der Waals surface area contributed by atoms with Gasteiger partial charge in [-0.1, -0.05) is 6.07 Å². The minimum Gasteiger partial charge on any atom is -0.454 e. The van der Waals surface area contributed by atoms with E-state index < -0.39 is 0 Å². The molecule has 2 aliphatic rings. The van der Waals surface area contributed by atoms with E-state index in [0.29, 0.717) is 23.6 Å². The molecule has 2 aliphatic heterocycles. The van der Waals surface area contributed by atoms with Crippen LogP contribution in [-0.4, -0.2) is 25.7 Å². The molecule has 156 valence electrons. The Balaban J connectivity index is 1.14. The number of ether oxygens (including phenoxy) is 4. The molecule has 0 aliphatic carbocycles. The standard InChI is InChI=1S/C23H19N3O5/c27-23(26-25-12-16-2-8-20-22(10-16)31-14-29-20)17-3-5-18(6-4-17)24-11-15-1-7-19-21(9-15)30-13-28-19/h1-10,12,24H,11,13-14H2,(H,26,27)/b25-12-. The predicted molar refractivity (Wildman–Crippen MR) is 114 cm³/mol. The molecule has 8 heteroatoms. The molecule has 2 N–H and O–H groups in total. The summed E-state index contributed by atoms with van der Waals surface area (Å²) in [5, 5.41) is 7.34. The summed E-state index contributed by atoms with van der Waals surface area (Å²) in [6, 6.07) is 18.5. The minimum absolute atomic E-state index is 0.216. The maximum absolute atomic E-state index is 12.3. The molecular formula is C23H19N3O5. The lowest BCUT2D eigenvalue weighted by molar-refractivity contribution is 0.0955. The van der Waals surface area contributed by atoms with Crippen molar-refractivity contribution in [1.82, 2.24) is 5.43 Å². The lowest BCUT2D eigenvalue weighted by atomic mass is 10.1. The summed E-state index contributed by atoms with van der Waals surface area (Å²) < 4.78 is 21.3. The van der Waals surface area contributed by atoms with E-state index in [9.17, 15) is 4.79 Å². The van der Waals surface area contributed by atoms with Crippen molar-refractivity contribution in [2.45, 2.75) is 6.54 Å². The average molecular weight is 417 g/mol. The number of rotatable bonds is 6. The van der Waals surface area contributed by atoms with Gasteiger partial charge in [0.25, 0.3) is 5.91 Å². The van der Waals surface area contributed by atoms with E-state index in [1.54, 1.807) is 30.5 Å². The summed E-state index contributed by atoms with van der Waals surface area (Å²) in [7, 11) is 0. The first-order chi connectivity index (χ1) is 15.2. The van der Waals surface area contributed by atoms with E-state index in [1.165, 1.54) is 0 Å². The molecule has 3 aromatic carbocycles. The molecule has 0 saturated heterocycles. The van der Waals surface area contributed by atoms with Crippen LogP contribution in [-0.2, 0) is 6.54 Å². The highest BCUT2D eigenvalue weighted by atomic mass is 16.7. The van der Waals surface area contributed by atoms with Gasteiger partial charge in [0.05, 0.1) is 6.21 Å². The number of hydrogen-bond acceptors (Lipinski definition) is 7. The highest BCUT2D eigenvalue weighted by molar-refractivity contribution is 5.95. The Kier molecular flexibility index (Phi) is 5.02. The first-order valence-electron chi connectivity index (χ1n) is 9.70. The normalized spacial score (nSPS) is 13.4. The minimum atomic E-state index is -0.292. The van der Waals surface area contributed by atoms with Crippen molar-refractivity contribution >= 4 is 17.8 Å². The maximum atomic E-state index is 12.3. The molecule has 8 nitrogen and oxygen atoms in total. The molecule has 0 saturated carbocycles. The number of carbonyl (C=O) groups is 1. The van der Waals surface area contributed by atoms with Crippen LogP contribution in [0.15, 0.2) is 65.8 Å². The zero-order chi connectivity index (χ0) is 21.0. The molecule has 0 bridgehead atoms. The van der Waals surface area contributed by atoms with Crippen LogP contribution in [0.2, 0.25) is 0 Å². The Bertz CT molecular complexity index is 1140. The number of benzene rings is 3. The molecule has 5 rings (SSSR count). The molecule has 0 atom stereocenters. The van der Waals surface area contributed by atoms with Crippen LogP contribution < -0.4 is 29.7 Å². The molecule has 0 spiro atoms. The van der Waals surface area contributed by atoms with Crippen LogP contribution in [0.3, 0.4) is 0 Å². The Labute approximate surface area is 178 Å². The molecule has 3 aromatic rings. The van der Waals surface area contributed by atoms with Crippen LogP contribution in [0.5, 0.6) is 23.0 Å². The Morgan fingerprint density at radius 2 is 1.52 bits per heavy atom. The second kappa shape index (κ2) is 8.27. The molecule has 0 radical (unpaired) electrons. The first-order valence-corrected chi connectivity index (χ1v) is 9.70. The number of amides is 1. The Morgan fingerprint density at radius 3 is 2.29 bits per heavy atom. The van der Waals surface area contributed by atoms with E-state index >= 15 is 0 Å². The fourth-order valence-electron chi connectivity index (χ4n) is 3.22. The van der Waals surface area contributed by atoms with Crippen molar-refractivity contribution in [3.63, 3.8) is 0 Å². The van der Waals surface area contributed by atoms with Crippen molar-refractivity contribution < 1.29 is 23.7 Å². The van der Waals surface area contributed by atoms with Gasteiger partial charge in [-0.2, -0.15) is 5.10 Å². The molecule has 1 amide bonds. The topological polar surface area (TPSA) is 90.4 Å². The summed E-state index contributed by atoms with van der Waals surface area (Å²) in [4.78, 5) is 12.3. The van der Waals surface area contributed by atoms with Gasteiger partial charge in [0.2, 0.25) is 13.6 Å². The molecule has 2 heterocycles. The first kappa shape index (κ1) is 18.8. The SMILES string of the molecule is O=C(N/N=C\c1ccc2c(c1)OCO2)c1ccc(NCc2ccc3c(c2)OCO3)cc1. The Morgan fingerprint density at radius 1 is 0.839 bits per heavy atom. The van der Waals surface area contributed by atoms with Gasteiger partial charge < -0.3 is 24.3 Å². The zero-order valence-corrected chi connectivity index (χ0v) is 16.5. The van der Waals surface area contributed by atoms with Crippen LogP contribution in [0.25, 0.3) is 0 Å². The van der Waals surface area contributed by atoms with Crippen LogP contribution >= 0.6 is 0 Å². The van der Waals surface area contributed by atoms with Gasteiger partial charge in [-0.3, -0.25) is 4.79 Å². The van der Waals surface area contributed by atoms with Crippen molar-refractivity contribution in [2.24, 2.45) is 5.10 Å². The predicted octanol–water partition coefficient (Wildman–Crippen LogP) is 3.52. The zero-order valence-electron chi connectivity index (χ0n) is 16.5. The van der Waals surface area contributed by atoms with Gasteiger partial charge in [0.15, 0.2) is 23.0 Å². The largest absolute Gasteiger partial charge is 0.454 e. The number of carbonyl (C=O) groups excluding carboxylic acids is 1. The van der Waals surface area contributed by atoms with Gasteiger partial charge in [0.1, 0.15) is 0 Å². The fourth-order valence-corrected chi connectivity index (χ4v) is 3.22. The molecular weight excluding hydrogens is 398 g/mol. The van der Waals surface area contributed by atoms with Crippen LogP contribution in [0.4, 0.5) is 5.69 Å². The summed E-state index contributed by atoms with van der Waals surface area (Å²) in [5.41, 5.74) is 5.81. The van der Waals surface area contributed by atoms with Crippen molar-refractivity contribution in [2.75, 3.05) is 18.9 Å². The summed E-state index contributed by atoms with van der Waals surface area (Å²) in [6.45, 7) is 1.10. The lowest BCUT2D eigenvalue weighted by Gasteiger charge is -2.08. The number of anilines is 1. The quantitative estimate of drug-likeness (QED) is 0.471. The summed E-state index contributed by atoms with van der Waals surface area (Å²) in [5.74, 6) is 2.60. The number of nitrogens with one attached hydrogen (secondary N) is 2. The second-order valence-corrected chi connectivity index (χ2v) is 6.93. The molecule has 0 fully saturated rings. The lowest BCUT2D eigenvalue weighted by Crippen LogP contribution is -2.17. The highest BCUT2D eigenvalue weighted by Crippen LogP contribution is 2.33. The number of fused-ring (bicyclic) bond motifs is 2. The van der Waals surface area contributed by atoms with Gasteiger partial charge in [-0.25, -0.2) is 5.43 Å². The third-order valence-electron chi connectivity index (χ3n) is 4.86. The Hall–Kier alpha value is -4.20.